The van der Waals surface area contributed by atoms with Gasteiger partial charge in [0, 0.05) is 36.4 Å². The van der Waals surface area contributed by atoms with Crippen LogP contribution in [-0.4, -0.2) is 41.0 Å². The second-order valence-corrected chi connectivity index (χ2v) is 7.16. The van der Waals surface area contributed by atoms with Crippen molar-refractivity contribution in [2.24, 2.45) is 5.73 Å². The molecule has 0 spiro atoms. The van der Waals surface area contributed by atoms with E-state index in [0.717, 1.165) is 24.3 Å². The van der Waals surface area contributed by atoms with Crippen molar-refractivity contribution in [1.82, 2.24) is 20.6 Å². The molecule has 0 radical (unpaired) electrons. The standard InChI is InChI=1S/C17H22N6O2S/c18-16(25)22-13(14-5-2-9-26-14)10-15(24)21-12-4-1-8-23(11-12)17-19-6-3-7-20-17/h2-3,5-7,9,12-13H,1,4,8,10-11H2,(H,21,24)(H3,18,22,25)/t12-,13+/m0/s1. The molecule has 9 heteroatoms. The molecule has 1 fully saturated rings. The highest BCUT2D eigenvalue weighted by Crippen LogP contribution is 2.22. The van der Waals surface area contributed by atoms with Crippen LogP contribution in [0.5, 0.6) is 0 Å². The Kier molecular flexibility index (Phi) is 6.00. The molecule has 138 valence electrons. The topological polar surface area (TPSA) is 113 Å². The van der Waals surface area contributed by atoms with E-state index in [1.165, 1.54) is 11.3 Å². The van der Waals surface area contributed by atoms with Gasteiger partial charge in [-0.15, -0.1) is 11.3 Å². The normalized spacial score (nSPS) is 18.2. The summed E-state index contributed by atoms with van der Waals surface area (Å²) in [7, 11) is 0. The lowest BCUT2D eigenvalue weighted by molar-refractivity contribution is -0.122. The van der Waals surface area contributed by atoms with Crippen LogP contribution in [0, 0.1) is 0 Å². The quantitative estimate of drug-likeness (QED) is 0.708. The molecule has 1 aliphatic heterocycles. The molecular weight excluding hydrogens is 352 g/mol. The van der Waals surface area contributed by atoms with Crippen molar-refractivity contribution in [3.63, 3.8) is 0 Å². The number of nitrogens with one attached hydrogen (secondary N) is 2. The zero-order valence-corrected chi connectivity index (χ0v) is 15.1. The average molecular weight is 374 g/mol. The van der Waals surface area contributed by atoms with E-state index >= 15 is 0 Å². The summed E-state index contributed by atoms with van der Waals surface area (Å²) in [5.74, 6) is 0.566. The molecule has 3 rings (SSSR count). The van der Waals surface area contributed by atoms with E-state index in [1.807, 2.05) is 17.5 Å². The predicted molar refractivity (Wildman–Crippen MR) is 99.8 cm³/mol. The molecule has 1 saturated heterocycles. The van der Waals surface area contributed by atoms with Gasteiger partial charge >= 0.3 is 6.03 Å². The minimum atomic E-state index is -0.638. The van der Waals surface area contributed by atoms with E-state index in [-0.39, 0.29) is 18.4 Å². The first-order chi connectivity index (χ1) is 12.6. The summed E-state index contributed by atoms with van der Waals surface area (Å²) in [5.41, 5.74) is 5.24. The Morgan fingerprint density at radius 3 is 2.85 bits per heavy atom. The van der Waals surface area contributed by atoms with Gasteiger partial charge in [-0.25, -0.2) is 14.8 Å². The van der Waals surface area contributed by atoms with Crippen molar-refractivity contribution in [3.05, 3.63) is 40.8 Å². The average Bonchev–Trinajstić information content (AvgIpc) is 3.16. The second-order valence-electron chi connectivity index (χ2n) is 6.18. The molecule has 8 nitrogen and oxygen atoms in total. The predicted octanol–water partition coefficient (Wildman–Crippen LogP) is 1.42. The number of anilines is 1. The molecule has 0 unspecified atom stereocenters. The van der Waals surface area contributed by atoms with Gasteiger partial charge in [-0.05, 0) is 30.4 Å². The number of aromatic nitrogens is 2. The molecule has 3 heterocycles. The zero-order chi connectivity index (χ0) is 18.4. The third kappa shape index (κ3) is 4.92. The molecule has 3 amide bonds. The van der Waals surface area contributed by atoms with Gasteiger partial charge in [0.1, 0.15) is 0 Å². The summed E-state index contributed by atoms with van der Waals surface area (Å²) in [6.07, 6.45) is 5.44. The second kappa shape index (κ2) is 8.61. The number of hydrogen-bond donors (Lipinski definition) is 3. The van der Waals surface area contributed by atoms with E-state index in [4.69, 9.17) is 5.73 Å². The van der Waals surface area contributed by atoms with Crippen LogP contribution in [0.1, 0.15) is 30.2 Å². The number of hydrogen-bond acceptors (Lipinski definition) is 6. The van der Waals surface area contributed by atoms with Gasteiger partial charge in [0.2, 0.25) is 11.9 Å². The lowest BCUT2D eigenvalue weighted by Crippen LogP contribution is -2.49. The third-order valence-corrected chi connectivity index (χ3v) is 5.20. The van der Waals surface area contributed by atoms with Crippen molar-refractivity contribution in [2.45, 2.75) is 31.3 Å². The van der Waals surface area contributed by atoms with Gasteiger partial charge < -0.3 is 21.3 Å². The summed E-state index contributed by atoms with van der Waals surface area (Å²) >= 11 is 1.48. The van der Waals surface area contributed by atoms with E-state index in [0.29, 0.717) is 12.5 Å². The highest BCUT2D eigenvalue weighted by atomic mass is 32.1. The number of nitrogens with two attached hydrogens (primary N) is 1. The van der Waals surface area contributed by atoms with Crippen LogP contribution < -0.4 is 21.3 Å². The number of nitrogens with zero attached hydrogens (tertiary/aromatic N) is 3. The van der Waals surface area contributed by atoms with Gasteiger partial charge in [0.15, 0.2) is 0 Å². The van der Waals surface area contributed by atoms with Crippen molar-refractivity contribution < 1.29 is 9.59 Å². The van der Waals surface area contributed by atoms with Crippen LogP contribution in [0.25, 0.3) is 0 Å². The summed E-state index contributed by atoms with van der Waals surface area (Å²) in [5, 5.41) is 7.61. The summed E-state index contributed by atoms with van der Waals surface area (Å²) in [6.45, 7) is 1.54. The van der Waals surface area contributed by atoms with Crippen LogP contribution in [0.3, 0.4) is 0 Å². The number of rotatable bonds is 6. The van der Waals surface area contributed by atoms with Gasteiger partial charge in [0.05, 0.1) is 12.5 Å². The maximum Gasteiger partial charge on any atom is 0.312 e. The fourth-order valence-corrected chi connectivity index (χ4v) is 3.87. The maximum absolute atomic E-state index is 12.5. The molecule has 1 aliphatic rings. The fraction of sp³-hybridized carbons (Fsp3) is 0.412. The Morgan fingerprint density at radius 1 is 1.35 bits per heavy atom. The number of carbonyl (C=O) groups excluding carboxylic acids is 2. The molecule has 4 N–H and O–H groups in total. The van der Waals surface area contributed by atoms with E-state index < -0.39 is 12.1 Å². The van der Waals surface area contributed by atoms with Gasteiger partial charge in [-0.2, -0.15) is 0 Å². The highest BCUT2D eigenvalue weighted by Gasteiger charge is 2.25. The largest absolute Gasteiger partial charge is 0.352 e. The monoisotopic (exact) mass is 374 g/mol. The van der Waals surface area contributed by atoms with Gasteiger partial charge in [-0.3, -0.25) is 4.79 Å². The highest BCUT2D eigenvalue weighted by molar-refractivity contribution is 7.10. The summed E-state index contributed by atoms with van der Waals surface area (Å²) in [4.78, 5) is 35.3. The smallest absolute Gasteiger partial charge is 0.312 e. The molecule has 2 aromatic rings. The molecule has 0 bridgehead atoms. The van der Waals surface area contributed by atoms with Crippen LogP contribution in [0.2, 0.25) is 0 Å². The first-order valence-electron chi connectivity index (χ1n) is 8.52. The first-order valence-corrected chi connectivity index (χ1v) is 9.40. The number of thiophene rings is 1. The van der Waals surface area contributed by atoms with Crippen molar-refractivity contribution in [1.29, 1.82) is 0 Å². The summed E-state index contributed by atoms with van der Waals surface area (Å²) < 4.78 is 0. The number of primary amides is 1. The van der Waals surface area contributed by atoms with Crippen LogP contribution in [-0.2, 0) is 4.79 Å². The van der Waals surface area contributed by atoms with Crippen LogP contribution >= 0.6 is 11.3 Å². The molecule has 2 atom stereocenters. The van der Waals surface area contributed by atoms with Crippen molar-refractivity contribution in [2.75, 3.05) is 18.0 Å². The van der Waals surface area contributed by atoms with Crippen molar-refractivity contribution >= 4 is 29.2 Å². The van der Waals surface area contributed by atoms with E-state index in [9.17, 15) is 9.59 Å². The van der Waals surface area contributed by atoms with E-state index in [2.05, 4.69) is 25.5 Å². The molecule has 26 heavy (non-hydrogen) atoms. The lowest BCUT2D eigenvalue weighted by Gasteiger charge is -2.33. The molecule has 2 aromatic heterocycles. The molecular formula is C17H22N6O2S. The minimum Gasteiger partial charge on any atom is -0.352 e. The Morgan fingerprint density at radius 2 is 2.15 bits per heavy atom. The number of amides is 3. The number of carbonyl (C=O) groups is 2. The zero-order valence-electron chi connectivity index (χ0n) is 14.3. The molecule has 0 saturated carbocycles. The number of piperidine rings is 1. The Balaban J connectivity index is 1.57. The minimum absolute atomic E-state index is 0.0256. The van der Waals surface area contributed by atoms with E-state index in [1.54, 1.807) is 18.5 Å². The Bertz CT molecular complexity index is 724. The first kappa shape index (κ1) is 18.1. The fourth-order valence-electron chi connectivity index (χ4n) is 3.09. The van der Waals surface area contributed by atoms with Crippen LogP contribution in [0.4, 0.5) is 10.7 Å². The maximum atomic E-state index is 12.5. The number of urea groups is 1. The SMILES string of the molecule is NC(=O)N[C@H](CC(=O)N[C@H]1CCCN(c2ncccn2)C1)c1cccs1. The third-order valence-electron chi connectivity index (χ3n) is 4.21. The Hall–Kier alpha value is -2.68. The Labute approximate surface area is 155 Å². The van der Waals surface area contributed by atoms with Crippen molar-refractivity contribution in [3.8, 4) is 0 Å². The van der Waals surface area contributed by atoms with Gasteiger partial charge in [-0.1, -0.05) is 6.07 Å². The lowest BCUT2D eigenvalue weighted by atomic mass is 10.1. The molecule has 0 aromatic carbocycles. The van der Waals surface area contributed by atoms with Gasteiger partial charge in [0.25, 0.3) is 0 Å². The van der Waals surface area contributed by atoms with Crippen LogP contribution in [0.15, 0.2) is 36.0 Å². The summed E-state index contributed by atoms with van der Waals surface area (Å²) in [6, 6.07) is 4.52. The molecule has 0 aliphatic carbocycles.